The Kier molecular flexibility index (Phi) is 6.30. The number of nitrogens with one attached hydrogen (secondary N) is 1. The third-order valence-corrected chi connectivity index (χ3v) is 4.00. The van der Waals surface area contributed by atoms with Crippen LogP contribution in [0, 0.1) is 5.82 Å². The first-order chi connectivity index (χ1) is 10.6. The fourth-order valence-corrected chi connectivity index (χ4v) is 2.64. The number of aliphatic hydroxyl groups is 1. The van der Waals surface area contributed by atoms with Crippen LogP contribution in [0.4, 0.5) is 4.39 Å². The van der Waals surface area contributed by atoms with Crippen molar-refractivity contribution < 1.29 is 14.3 Å². The molecule has 0 aliphatic carbocycles. The highest BCUT2D eigenvalue weighted by molar-refractivity contribution is 5.78. The molecule has 0 saturated carbocycles. The summed E-state index contributed by atoms with van der Waals surface area (Å²) in [5.74, 6) is -0.296. The minimum atomic E-state index is -0.275. The maximum atomic E-state index is 12.9. The van der Waals surface area contributed by atoms with Gasteiger partial charge in [-0.3, -0.25) is 14.6 Å². The van der Waals surface area contributed by atoms with Gasteiger partial charge >= 0.3 is 0 Å². The topological polar surface area (TPSA) is 55.8 Å². The number of nitrogens with zero attached hydrogens (tertiary/aromatic N) is 2. The van der Waals surface area contributed by atoms with E-state index in [0.29, 0.717) is 13.1 Å². The van der Waals surface area contributed by atoms with Gasteiger partial charge < -0.3 is 10.4 Å². The molecule has 1 aromatic rings. The second-order valence-electron chi connectivity index (χ2n) is 5.68. The average molecular weight is 309 g/mol. The molecule has 1 aliphatic rings. The number of aliphatic hydroxyl groups excluding tert-OH is 1. The van der Waals surface area contributed by atoms with Gasteiger partial charge in [-0.15, -0.1) is 0 Å². The molecule has 5 nitrogen and oxygen atoms in total. The maximum absolute atomic E-state index is 12.9. The molecule has 6 heteroatoms. The Morgan fingerprint density at radius 1 is 1.23 bits per heavy atom. The molecule has 2 rings (SSSR count). The Morgan fingerprint density at radius 3 is 2.41 bits per heavy atom. The van der Waals surface area contributed by atoms with Crippen LogP contribution in [-0.4, -0.2) is 66.7 Å². The third-order valence-electron chi connectivity index (χ3n) is 4.00. The van der Waals surface area contributed by atoms with Crippen LogP contribution in [-0.2, 0) is 4.79 Å². The number of carbonyl (C=O) groups excluding carboxylic acids is 1. The Balaban J connectivity index is 1.75. The van der Waals surface area contributed by atoms with Crippen LogP contribution in [0.5, 0.6) is 0 Å². The zero-order valence-corrected chi connectivity index (χ0v) is 13.0. The number of β-amino-alcohol motifs (C(OH)–C–C–N with tert-alkyl or cyclic N) is 1. The molecule has 0 unspecified atom stereocenters. The van der Waals surface area contributed by atoms with Crippen LogP contribution in [0.15, 0.2) is 24.3 Å². The van der Waals surface area contributed by atoms with Crippen LogP contribution >= 0.6 is 0 Å². The second-order valence-corrected chi connectivity index (χ2v) is 5.68. The molecule has 1 heterocycles. The third kappa shape index (κ3) is 5.05. The van der Waals surface area contributed by atoms with E-state index in [9.17, 15) is 9.18 Å². The molecule has 1 aromatic carbocycles. The number of piperazine rings is 1. The number of rotatable bonds is 6. The maximum Gasteiger partial charge on any atom is 0.234 e. The first-order valence-electron chi connectivity index (χ1n) is 7.69. The summed E-state index contributed by atoms with van der Waals surface area (Å²) in [6.07, 6.45) is 0. The summed E-state index contributed by atoms with van der Waals surface area (Å²) in [7, 11) is 0. The van der Waals surface area contributed by atoms with E-state index in [1.54, 1.807) is 12.1 Å². The Morgan fingerprint density at radius 2 is 1.82 bits per heavy atom. The van der Waals surface area contributed by atoms with Crippen LogP contribution in [0.1, 0.15) is 18.5 Å². The van der Waals surface area contributed by atoms with Gasteiger partial charge in [-0.05, 0) is 24.6 Å². The van der Waals surface area contributed by atoms with Crippen molar-refractivity contribution in [1.29, 1.82) is 0 Å². The molecule has 122 valence electrons. The Hall–Kier alpha value is -1.50. The van der Waals surface area contributed by atoms with Gasteiger partial charge in [0.2, 0.25) is 5.91 Å². The fraction of sp³-hybridized carbons (Fsp3) is 0.562. The minimum absolute atomic E-state index is 0.0209. The summed E-state index contributed by atoms with van der Waals surface area (Å²) >= 11 is 0. The lowest BCUT2D eigenvalue weighted by Gasteiger charge is -2.34. The standard InChI is InChI=1S/C16H24FN3O2/c1-13(14-2-4-15(17)5-3-14)18-16(22)12-20-8-6-19(7-9-20)10-11-21/h2-5,13,21H,6-12H2,1H3,(H,18,22)/t13-/m1/s1. The van der Waals surface area contributed by atoms with E-state index in [1.807, 2.05) is 6.92 Å². The number of halogens is 1. The minimum Gasteiger partial charge on any atom is -0.395 e. The zero-order chi connectivity index (χ0) is 15.9. The van der Waals surface area contributed by atoms with Crippen molar-refractivity contribution in [3.8, 4) is 0 Å². The van der Waals surface area contributed by atoms with Gasteiger partial charge in [0.15, 0.2) is 0 Å². The smallest absolute Gasteiger partial charge is 0.234 e. The van der Waals surface area contributed by atoms with Crippen molar-refractivity contribution in [2.45, 2.75) is 13.0 Å². The van der Waals surface area contributed by atoms with Crippen molar-refractivity contribution in [1.82, 2.24) is 15.1 Å². The van der Waals surface area contributed by atoms with Crippen molar-refractivity contribution in [3.05, 3.63) is 35.6 Å². The SMILES string of the molecule is C[C@@H](NC(=O)CN1CCN(CCO)CC1)c1ccc(F)cc1. The molecule has 0 bridgehead atoms. The van der Waals surface area contributed by atoms with E-state index in [1.165, 1.54) is 12.1 Å². The van der Waals surface area contributed by atoms with Crippen LogP contribution in [0.25, 0.3) is 0 Å². The van der Waals surface area contributed by atoms with Crippen LogP contribution in [0.2, 0.25) is 0 Å². The highest BCUT2D eigenvalue weighted by Gasteiger charge is 2.19. The van der Waals surface area contributed by atoms with Gasteiger partial charge in [-0.1, -0.05) is 12.1 Å². The monoisotopic (exact) mass is 309 g/mol. The number of benzene rings is 1. The van der Waals surface area contributed by atoms with Crippen LogP contribution in [0.3, 0.4) is 0 Å². The normalized spacial score (nSPS) is 18.1. The number of carbonyl (C=O) groups is 1. The van der Waals surface area contributed by atoms with Crippen molar-refractivity contribution in [3.63, 3.8) is 0 Å². The van der Waals surface area contributed by atoms with E-state index in [4.69, 9.17) is 5.11 Å². The van der Waals surface area contributed by atoms with Gasteiger partial charge in [0, 0.05) is 32.7 Å². The zero-order valence-electron chi connectivity index (χ0n) is 13.0. The predicted molar refractivity (Wildman–Crippen MR) is 82.9 cm³/mol. The number of amides is 1. The number of hydrogen-bond acceptors (Lipinski definition) is 4. The van der Waals surface area contributed by atoms with Crippen LogP contribution < -0.4 is 5.32 Å². The largest absolute Gasteiger partial charge is 0.395 e. The lowest BCUT2D eigenvalue weighted by Crippen LogP contribution is -2.50. The highest BCUT2D eigenvalue weighted by atomic mass is 19.1. The molecular formula is C16H24FN3O2. The molecule has 1 aliphatic heterocycles. The summed E-state index contributed by atoms with van der Waals surface area (Å²) in [6.45, 7) is 6.56. The summed E-state index contributed by atoms with van der Waals surface area (Å²) < 4.78 is 12.9. The molecule has 1 amide bonds. The van der Waals surface area contributed by atoms with Gasteiger partial charge in [0.05, 0.1) is 19.2 Å². The van der Waals surface area contributed by atoms with E-state index in [0.717, 1.165) is 31.7 Å². The highest BCUT2D eigenvalue weighted by Crippen LogP contribution is 2.12. The van der Waals surface area contributed by atoms with E-state index < -0.39 is 0 Å². The van der Waals surface area contributed by atoms with Gasteiger partial charge in [0.25, 0.3) is 0 Å². The summed E-state index contributed by atoms with van der Waals surface area (Å²) in [5, 5.41) is 11.9. The number of hydrogen-bond donors (Lipinski definition) is 2. The lowest BCUT2D eigenvalue weighted by atomic mass is 10.1. The fourth-order valence-electron chi connectivity index (χ4n) is 2.64. The van der Waals surface area contributed by atoms with Crippen molar-refractivity contribution >= 4 is 5.91 Å². The van der Waals surface area contributed by atoms with Gasteiger partial charge in [-0.25, -0.2) is 4.39 Å². The molecule has 0 radical (unpaired) electrons. The molecule has 1 atom stereocenters. The molecule has 0 spiro atoms. The summed E-state index contributed by atoms with van der Waals surface area (Å²) in [5.41, 5.74) is 0.891. The quantitative estimate of drug-likeness (QED) is 0.808. The summed E-state index contributed by atoms with van der Waals surface area (Å²) in [6, 6.07) is 6.04. The first-order valence-corrected chi connectivity index (χ1v) is 7.69. The lowest BCUT2D eigenvalue weighted by molar-refractivity contribution is -0.123. The summed E-state index contributed by atoms with van der Waals surface area (Å²) in [4.78, 5) is 16.4. The molecular weight excluding hydrogens is 285 g/mol. The second kappa shape index (κ2) is 8.22. The first kappa shape index (κ1) is 16.9. The van der Waals surface area contributed by atoms with E-state index in [2.05, 4.69) is 15.1 Å². The molecule has 0 aromatic heterocycles. The van der Waals surface area contributed by atoms with E-state index >= 15 is 0 Å². The van der Waals surface area contributed by atoms with Crippen molar-refractivity contribution in [2.75, 3.05) is 45.9 Å². The predicted octanol–water partition coefficient (Wildman–Crippen LogP) is 0.613. The van der Waals surface area contributed by atoms with Crippen molar-refractivity contribution in [2.24, 2.45) is 0 Å². The Bertz CT molecular complexity index is 473. The van der Waals surface area contributed by atoms with Gasteiger partial charge in [0.1, 0.15) is 5.82 Å². The van der Waals surface area contributed by atoms with E-state index in [-0.39, 0.29) is 24.4 Å². The molecule has 1 saturated heterocycles. The molecule has 2 N–H and O–H groups in total. The molecule has 1 fully saturated rings. The Labute approximate surface area is 130 Å². The molecule has 22 heavy (non-hydrogen) atoms. The van der Waals surface area contributed by atoms with Gasteiger partial charge in [-0.2, -0.15) is 0 Å². The average Bonchev–Trinajstić information content (AvgIpc) is 2.50.